The molecule has 1 aliphatic heterocycles. The Kier molecular flexibility index (Phi) is 7.35. The van der Waals surface area contributed by atoms with E-state index in [-0.39, 0.29) is 18.6 Å². The molecule has 2 aliphatic rings. The number of carbonyl (C=O) groups excluding carboxylic acids is 1. The molecular formula is C19H36N2O2. The van der Waals surface area contributed by atoms with Crippen LogP contribution in [0.2, 0.25) is 0 Å². The average Bonchev–Trinajstić information content (AvgIpc) is 3.19. The molecule has 1 saturated heterocycles. The van der Waals surface area contributed by atoms with E-state index < -0.39 is 0 Å². The van der Waals surface area contributed by atoms with E-state index in [9.17, 15) is 9.90 Å². The van der Waals surface area contributed by atoms with Gasteiger partial charge in [0.1, 0.15) is 0 Å². The van der Waals surface area contributed by atoms with Crippen molar-refractivity contribution in [2.45, 2.75) is 64.8 Å². The van der Waals surface area contributed by atoms with E-state index in [0.717, 1.165) is 38.9 Å². The molecule has 1 aliphatic carbocycles. The Balaban J connectivity index is 2.03. The molecule has 1 saturated carbocycles. The lowest BCUT2D eigenvalue weighted by molar-refractivity contribution is -0.137. The van der Waals surface area contributed by atoms with Crippen LogP contribution >= 0.6 is 0 Å². The molecule has 3 atom stereocenters. The SMILES string of the molecule is CCCCN(C)C[C@@H]1[C@H](CC)CN(C(=O)C2CCCC2)[C@@H]1CO. The molecule has 1 amide bonds. The maximum atomic E-state index is 12.9. The lowest BCUT2D eigenvalue weighted by Crippen LogP contribution is -2.45. The van der Waals surface area contributed by atoms with Crippen LogP contribution in [0.4, 0.5) is 0 Å². The van der Waals surface area contributed by atoms with Crippen LogP contribution in [0.3, 0.4) is 0 Å². The van der Waals surface area contributed by atoms with Crippen molar-refractivity contribution in [2.24, 2.45) is 17.8 Å². The van der Waals surface area contributed by atoms with Crippen molar-refractivity contribution in [3.63, 3.8) is 0 Å². The summed E-state index contributed by atoms with van der Waals surface area (Å²) in [6.45, 7) is 7.51. The maximum Gasteiger partial charge on any atom is 0.226 e. The molecule has 2 rings (SSSR count). The van der Waals surface area contributed by atoms with Crippen LogP contribution < -0.4 is 0 Å². The van der Waals surface area contributed by atoms with Crippen molar-refractivity contribution >= 4 is 5.91 Å². The predicted molar refractivity (Wildman–Crippen MR) is 94.2 cm³/mol. The fraction of sp³-hybridized carbons (Fsp3) is 0.947. The molecule has 23 heavy (non-hydrogen) atoms. The number of aliphatic hydroxyl groups excluding tert-OH is 1. The van der Waals surface area contributed by atoms with Crippen molar-refractivity contribution in [1.82, 2.24) is 9.80 Å². The quantitative estimate of drug-likeness (QED) is 0.746. The normalized spacial score (nSPS) is 28.9. The summed E-state index contributed by atoms with van der Waals surface area (Å²) in [5, 5.41) is 9.99. The Morgan fingerprint density at radius 3 is 2.52 bits per heavy atom. The average molecular weight is 325 g/mol. The molecule has 0 aromatic carbocycles. The summed E-state index contributed by atoms with van der Waals surface area (Å²) in [5.41, 5.74) is 0. The predicted octanol–water partition coefficient (Wildman–Crippen LogP) is 2.75. The summed E-state index contributed by atoms with van der Waals surface area (Å²) in [6.07, 6.45) is 7.99. The van der Waals surface area contributed by atoms with Gasteiger partial charge in [-0.1, -0.05) is 39.5 Å². The third kappa shape index (κ3) is 4.48. The van der Waals surface area contributed by atoms with Crippen molar-refractivity contribution in [1.29, 1.82) is 0 Å². The Hall–Kier alpha value is -0.610. The Morgan fingerprint density at radius 1 is 1.26 bits per heavy atom. The number of hydrogen-bond acceptors (Lipinski definition) is 3. The van der Waals surface area contributed by atoms with Crippen LogP contribution in [0.25, 0.3) is 0 Å². The molecule has 0 spiro atoms. The number of aliphatic hydroxyl groups is 1. The number of carbonyl (C=O) groups is 1. The zero-order valence-corrected chi connectivity index (χ0v) is 15.3. The lowest BCUT2D eigenvalue weighted by atomic mass is 9.88. The second-order valence-corrected chi connectivity index (χ2v) is 7.67. The third-order valence-corrected chi connectivity index (χ3v) is 6.05. The zero-order valence-electron chi connectivity index (χ0n) is 15.3. The van der Waals surface area contributed by atoms with E-state index in [0.29, 0.717) is 17.7 Å². The van der Waals surface area contributed by atoms with Crippen molar-refractivity contribution < 1.29 is 9.90 Å². The molecule has 0 unspecified atom stereocenters. The number of unbranched alkanes of at least 4 members (excludes halogenated alkanes) is 1. The Labute approximate surface area is 142 Å². The summed E-state index contributed by atoms with van der Waals surface area (Å²) in [5.74, 6) is 1.48. The van der Waals surface area contributed by atoms with E-state index >= 15 is 0 Å². The largest absolute Gasteiger partial charge is 0.394 e. The highest BCUT2D eigenvalue weighted by molar-refractivity contribution is 5.79. The van der Waals surface area contributed by atoms with Crippen LogP contribution in [0.1, 0.15) is 58.8 Å². The van der Waals surface area contributed by atoms with Gasteiger partial charge in [0, 0.05) is 19.0 Å². The highest BCUT2D eigenvalue weighted by Gasteiger charge is 2.44. The van der Waals surface area contributed by atoms with Gasteiger partial charge in [0.25, 0.3) is 0 Å². The Morgan fingerprint density at radius 2 is 1.96 bits per heavy atom. The molecule has 4 heteroatoms. The van der Waals surface area contributed by atoms with E-state index in [2.05, 4.69) is 25.8 Å². The van der Waals surface area contributed by atoms with Gasteiger partial charge in [-0.05, 0) is 44.7 Å². The first-order chi connectivity index (χ1) is 11.1. The van der Waals surface area contributed by atoms with Crippen molar-refractivity contribution in [3.8, 4) is 0 Å². The number of amides is 1. The highest BCUT2D eigenvalue weighted by atomic mass is 16.3. The lowest BCUT2D eigenvalue weighted by Gasteiger charge is -2.31. The zero-order chi connectivity index (χ0) is 16.8. The van der Waals surface area contributed by atoms with Gasteiger partial charge >= 0.3 is 0 Å². The van der Waals surface area contributed by atoms with Crippen molar-refractivity contribution in [2.75, 3.05) is 33.3 Å². The van der Waals surface area contributed by atoms with Crippen molar-refractivity contribution in [3.05, 3.63) is 0 Å². The van der Waals surface area contributed by atoms with Gasteiger partial charge in [0.15, 0.2) is 0 Å². The Bertz CT molecular complexity index is 368. The summed E-state index contributed by atoms with van der Waals surface area (Å²) in [6, 6.07) is 0.0251. The van der Waals surface area contributed by atoms with E-state index in [1.165, 1.54) is 25.7 Å². The molecule has 4 nitrogen and oxygen atoms in total. The number of hydrogen-bond donors (Lipinski definition) is 1. The van der Waals surface area contributed by atoms with Gasteiger partial charge in [-0.15, -0.1) is 0 Å². The molecule has 0 bridgehead atoms. The first-order valence-electron chi connectivity index (χ1n) is 9.72. The molecule has 0 aromatic rings. The molecule has 0 aromatic heterocycles. The van der Waals surface area contributed by atoms with Gasteiger partial charge in [0.05, 0.1) is 12.6 Å². The third-order valence-electron chi connectivity index (χ3n) is 6.05. The van der Waals surface area contributed by atoms with Gasteiger partial charge < -0.3 is 14.9 Å². The molecule has 0 radical (unpaired) electrons. The van der Waals surface area contributed by atoms with Crippen LogP contribution in [0.15, 0.2) is 0 Å². The fourth-order valence-corrected chi connectivity index (χ4v) is 4.55. The summed E-state index contributed by atoms with van der Waals surface area (Å²) >= 11 is 0. The second kappa shape index (κ2) is 9.03. The van der Waals surface area contributed by atoms with Gasteiger partial charge in [-0.25, -0.2) is 0 Å². The molecule has 1 N–H and O–H groups in total. The first kappa shape index (κ1) is 18.7. The van der Waals surface area contributed by atoms with Crippen LogP contribution in [0, 0.1) is 17.8 Å². The van der Waals surface area contributed by atoms with E-state index in [1.807, 2.05) is 4.90 Å². The molecule has 134 valence electrons. The molecule has 2 fully saturated rings. The van der Waals surface area contributed by atoms with Crippen LogP contribution in [-0.4, -0.2) is 60.1 Å². The second-order valence-electron chi connectivity index (χ2n) is 7.67. The molecule has 1 heterocycles. The van der Waals surface area contributed by atoms with E-state index in [4.69, 9.17) is 0 Å². The minimum Gasteiger partial charge on any atom is -0.394 e. The summed E-state index contributed by atoms with van der Waals surface area (Å²) in [4.78, 5) is 17.3. The topological polar surface area (TPSA) is 43.8 Å². The smallest absolute Gasteiger partial charge is 0.226 e. The fourth-order valence-electron chi connectivity index (χ4n) is 4.55. The number of likely N-dealkylation sites (tertiary alicyclic amines) is 1. The van der Waals surface area contributed by atoms with E-state index in [1.54, 1.807) is 0 Å². The van der Waals surface area contributed by atoms with Crippen LogP contribution in [-0.2, 0) is 4.79 Å². The standard InChI is InChI=1S/C19H36N2O2/c1-4-6-11-20(3)13-17-15(5-2)12-21(18(17)14-22)19(23)16-9-7-8-10-16/h15-18,22H,4-14H2,1-3H3/t15-,17-,18-/m1/s1. The number of rotatable bonds is 8. The monoisotopic (exact) mass is 324 g/mol. The van der Waals surface area contributed by atoms with Gasteiger partial charge in [-0.2, -0.15) is 0 Å². The maximum absolute atomic E-state index is 12.9. The minimum absolute atomic E-state index is 0.0251. The summed E-state index contributed by atoms with van der Waals surface area (Å²) in [7, 11) is 2.18. The highest BCUT2D eigenvalue weighted by Crippen LogP contribution is 2.36. The molecular weight excluding hydrogens is 288 g/mol. The summed E-state index contributed by atoms with van der Waals surface area (Å²) < 4.78 is 0. The van der Waals surface area contributed by atoms with Gasteiger partial charge in [-0.3, -0.25) is 4.79 Å². The van der Waals surface area contributed by atoms with Gasteiger partial charge in [0.2, 0.25) is 5.91 Å². The minimum atomic E-state index is 0.0251. The van der Waals surface area contributed by atoms with Crippen LogP contribution in [0.5, 0.6) is 0 Å². The number of nitrogens with zero attached hydrogens (tertiary/aromatic N) is 2. The first-order valence-corrected chi connectivity index (χ1v) is 9.72.